The fraction of sp³-hybridized carbons (Fsp3) is 0.625. The van der Waals surface area contributed by atoms with Crippen LogP contribution in [0.4, 0.5) is 0 Å². The van der Waals surface area contributed by atoms with Gasteiger partial charge in [0.05, 0.1) is 6.10 Å². The zero-order valence-electron chi connectivity index (χ0n) is 11.4. The van der Waals surface area contributed by atoms with E-state index in [1.807, 2.05) is 0 Å². The number of aliphatic hydroxyl groups is 1. The first kappa shape index (κ1) is 13.6. The molecule has 2 heteroatoms. The number of benzene rings is 1. The Balaban J connectivity index is 1.95. The fourth-order valence-corrected chi connectivity index (χ4v) is 2.92. The van der Waals surface area contributed by atoms with Gasteiger partial charge >= 0.3 is 0 Å². The zero-order chi connectivity index (χ0) is 12.8. The van der Waals surface area contributed by atoms with Crippen LogP contribution in [-0.2, 0) is 6.54 Å². The molecule has 1 fully saturated rings. The first-order chi connectivity index (χ1) is 8.79. The molecule has 100 valence electrons. The molecule has 1 aromatic rings. The molecule has 0 amide bonds. The Morgan fingerprint density at radius 1 is 1.11 bits per heavy atom. The summed E-state index contributed by atoms with van der Waals surface area (Å²) >= 11 is 0. The van der Waals surface area contributed by atoms with Gasteiger partial charge in [-0.25, -0.2) is 0 Å². The summed E-state index contributed by atoms with van der Waals surface area (Å²) in [7, 11) is 0. The van der Waals surface area contributed by atoms with Crippen molar-refractivity contribution in [2.24, 2.45) is 0 Å². The summed E-state index contributed by atoms with van der Waals surface area (Å²) in [6.07, 6.45) is 5.38. The lowest BCUT2D eigenvalue weighted by molar-refractivity contribution is 0.0702. The molecule has 0 heterocycles. The van der Waals surface area contributed by atoms with Crippen LogP contribution in [0.2, 0.25) is 0 Å². The van der Waals surface area contributed by atoms with Gasteiger partial charge < -0.3 is 5.11 Å². The van der Waals surface area contributed by atoms with Crippen molar-refractivity contribution in [1.29, 1.82) is 0 Å². The average Bonchev–Trinajstić information content (AvgIpc) is 2.40. The van der Waals surface area contributed by atoms with Crippen LogP contribution in [0, 0.1) is 0 Å². The molecule has 1 N–H and O–H groups in total. The van der Waals surface area contributed by atoms with Gasteiger partial charge in [-0.15, -0.1) is 0 Å². The molecular formula is C16H25NO. The molecule has 0 atom stereocenters. The van der Waals surface area contributed by atoms with E-state index in [9.17, 15) is 5.11 Å². The van der Waals surface area contributed by atoms with Crippen LogP contribution >= 0.6 is 0 Å². The van der Waals surface area contributed by atoms with Crippen molar-refractivity contribution >= 4 is 0 Å². The third-order valence-corrected chi connectivity index (χ3v) is 3.92. The molecule has 0 unspecified atom stereocenters. The summed E-state index contributed by atoms with van der Waals surface area (Å²) < 4.78 is 0. The van der Waals surface area contributed by atoms with Crippen molar-refractivity contribution < 1.29 is 5.11 Å². The van der Waals surface area contributed by atoms with E-state index >= 15 is 0 Å². The Labute approximate surface area is 111 Å². The Bertz CT molecular complexity index is 330. The topological polar surface area (TPSA) is 23.5 Å². The molecule has 0 aromatic heterocycles. The SMILES string of the molecule is CCCN(Cc1ccccc1)C1CCC(O)CC1. The number of hydrogen-bond donors (Lipinski definition) is 1. The van der Waals surface area contributed by atoms with Gasteiger partial charge in [-0.3, -0.25) is 4.90 Å². The van der Waals surface area contributed by atoms with Crippen molar-refractivity contribution in [3.63, 3.8) is 0 Å². The van der Waals surface area contributed by atoms with E-state index < -0.39 is 0 Å². The zero-order valence-corrected chi connectivity index (χ0v) is 11.4. The Kier molecular flexibility index (Phi) is 5.21. The minimum atomic E-state index is -0.0542. The summed E-state index contributed by atoms with van der Waals surface area (Å²) in [6.45, 7) is 4.46. The van der Waals surface area contributed by atoms with E-state index in [2.05, 4.69) is 42.2 Å². The molecule has 18 heavy (non-hydrogen) atoms. The first-order valence-electron chi connectivity index (χ1n) is 7.25. The Morgan fingerprint density at radius 2 is 1.78 bits per heavy atom. The van der Waals surface area contributed by atoms with Crippen LogP contribution < -0.4 is 0 Å². The minimum absolute atomic E-state index is 0.0542. The lowest BCUT2D eigenvalue weighted by Crippen LogP contribution is -2.39. The normalized spacial score (nSPS) is 24.4. The van der Waals surface area contributed by atoms with Gasteiger partial charge in [-0.2, -0.15) is 0 Å². The van der Waals surface area contributed by atoms with E-state index in [1.165, 1.54) is 12.0 Å². The second-order valence-corrected chi connectivity index (χ2v) is 5.42. The number of rotatable bonds is 5. The maximum Gasteiger partial charge on any atom is 0.0541 e. The molecule has 2 rings (SSSR count). The van der Waals surface area contributed by atoms with Gasteiger partial charge in [0.15, 0.2) is 0 Å². The lowest BCUT2D eigenvalue weighted by Gasteiger charge is -2.35. The van der Waals surface area contributed by atoms with Crippen LogP contribution in [0.15, 0.2) is 30.3 Å². The predicted octanol–water partition coefficient (Wildman–Crippen LogP) is 3.20. The van der Waals surface area contributed by atoms with E-state index in [4.69, 9.17) is 0 Å². The summed E-state index contributed by atoms with van der Waals surface area (Å²) in [4.78, 5) is 2.60. The Hall–Kier alpha value is -0.860. The van der Waals surface area contributed by atoms with Crippen molar-refractivity contribution in [2.75, 3.05) is 6.54 Å². The smallest absolute Gasteiger partial charge is 0.0541 e. The highest BCUT2D eigenvalue weighted by atomic mass is 16.3. The molecule has 0 bridgehead atoms. The third-order valence-electron chi connectivity index (χ3n) is 3.92. The van der Waals surface area contributed by atoms with Crippen LogP contribution in [0.5, 0.6) is 0 Å². The van der Waals surface area contributed by atoms with E-state index in [1.54, 1.807) is 0 Å². The molecule has 1 aliphatic carbocycles. The van der Waals surface area contributed by atoms with Gasteiger partial charge in [0.25, 0.3) is 0 Å². The third kappa shape index (κ3) is 3.82. The number of hydrogen-bond acceptors (Lipinski definition) is 2. The lowest BCUT2D eigenvalue weighted by atomic mass is 9.91. The molecular weight excluding hydrogens is 222 g/mol. The molecule has 2 nitrogen and oxygen atoms in total. The maximum atomic E-state index is 9.61. The second-order valence-electron chi connectivity index (χ2n) is 5.42. The molecule has 1 saturated carbocycles. The molecule has 0 spiro atoms. The molecule has 0 aliphatic heterocycles. The molecule has 0 saturated heterocycles. The van der Waals surface area contributed by atoms with Crippen molar-refractivity contribution in [3.8, 4) is 0 Å². The number of aliphatic hydroxyl groups excluding tert-OH is 1. The standard InChI is InChI=1S/C16H25NO/c1-2-12-17(13-14-6-4-3-5-7-14)15-8-10-16(18)11-9-15/h3-7,15-16,18H,2,8-13H2,1H3. The van der Waals surface area contributed by atoms with Crippen LogP contribution in [-0.4, -0.2) is 28.7 Å². The van der Waals surface area contributed by atoms with Crippen molar-refractivity contribution in [2.45, 2.75) is 57.7 Å². The quantitative estimate of drug-likeness (QED) is 0.863. The number of nitrogens with zero attached hydrogens (tertiary/aromatic N) is 1. The minimum Gasteiger partial charge on any atom is -0.393 e. The van der Waals surface area contributed by atoms with E-state index in [-0.39, 0.29) is 6.10 Å². The van der Waals surface area contributed by atoms with Crippen molar-refractivity contribution in [1.82, 2.24) is 4.90 Å². The maximum absolute atomic E-state index is 9.61. The highest BCUT2D eigenvalue weighted by molar-refractivity contribution is 5.14. The average molecular weight is 247 g/mol. The van der Waals surface area contributed by atoms with Gasteiger partial charge in [0.2, 0.25) is 0 Å². The second kappa shape index (κ2) is 6.91. The Morgan fingerprint density at radius 3 is 2.39 bits per heavy atom. The van der Waals surface area contributed by atoms with Crippen LogP contribution in [0.3, 0.4) is 0 Å². The van der Waals surface area contributed by atoms with Crippen molar-refractivity contribution in [3.05, 3.63) is 35.9 Å². The first-order valence-corrected chi connectivity index (χ1v) is 7.25. The highest BCUT2D eigenvalue weighted by Gasteiger charge is 2.24. The summed E-state index contributed by atoms with van der Waals surface area (Å²) in [5, 5.41) is 9.61. The van der Waals surface area contributed by atoms with Gasteiger partial charge in [-0.1, -0.05) is 37.3 Å². The largest absolute Gasteiger partial charge is 0.393 e. The summed E-state index contributed by atoms with van der Waals surface area (Å²) in [5.41, 5.74) is 1.40. The molecule has 0 radical (unpaired) electrons. The van der Waals surface area contributed by atoms with Gasteiger partial charge in [-0.05, 0) is 44.2 Å². The molecule has 1 aromatic carbocycles. The summed E-state index contributed by atoms with van der Waals surface area (Å²) in [6, 6.07) is 11.4. The predicted molar refractivity (Wildman–Crippen MR) is 75.4 cm³/mol. The van der Waals surface area contributed by atoms with E-state index in [0.29, 0.717) is 6.04 Å². The van der Waals surface area contributed by atoms with Gasteiger partial charge in [0, 0.05) is 12.6 Å². The fourth-order valence-electron chi connectivity index (χ4n) is 2.92. The molecule has 1 aliphatic rings. The van der Waals surface area contributed by atoms with E-state index in [0.717, 1.165) is 38.8 Å². The van der Waals surface area contributed by atoms with Crippen LogP contribution in [0.1, 0.15) is 44.6 Å². The van der Waals surface area contributed by atoms with Gasteiger partial charge in [0.1, 0.15) is 0 Å². The van der Waals surface area contributed by atoms with Crippen LogP contribution in [0.25, 0.3) is 0 Å². The summed E-state index contributed by atoms with van der Waals surface area (Å²) in [5.74, 6) is 0. The highest BCUT2D eigenvalue weighted by Crippen LogP contribution is 2.24. The monoisotopic (exact) mass is 247 g/mol.